The Morgan fingerprint density at radius 3 is 3.07 bits per heavy atom. The zero-order valence-corrected chi connectivity index (χ0v) is 8.97. The number of esters is 1. The van der Waals surface area contributed by atoms with Crippen LogP contribution in [0.15, 0.2) is 11.8 Å². The van der Waals surface area contributed by atoms with Crippen molar-refractivity contribution in [2.45, 2.75) is 19.4 Å². The highest BCUT2D eigenvalue weighted by atomic mass is 16.5. The molecule has 2 rings (SSSR count). The molecule has 84 valence electrons. The van der Waals surface area contributed by atoms with Gasteiger partial charge in [-0.3, -0.25) is 0 Å². The Morgan fingerprint density at radius 2 is 2.40 bits per heavy atom. The summed E-state index contributed by atoms with van der Waals surface area (Å²) in [6, 6.07) is 0. The third kappa shape index (κ3) is 1.63. The Morgan fingerprint density at radius 1 is 1.67 bits per heavy atom. The molecule has 1 saturated carbocycles. The molecule has 0 unspecified atom stereocenters. The van der Waals surface area contributed by atoms with E-state index >= 15 is 0 Å². The van der Waals surface area contributed by atoms with Gasteiger partial charge in [0.05, 0.1) is 31.7 Å². The molecule has 15 heavy (non-hydrogen) atoms. The van der Waals surface area contributed by atoms with Crippen LogP contribution in [0.25, 0.3) is 0 Å². The first kappa shape index (κ1) is 10.5. The quantitative estimate of drug-likeness (QED) is 0.650. The molecule has 1 heterocycles. The lowest BCUT2D eigenvalue weighted by Gasteiger charge is -2.27. The number of methoxy groups -OCH3 is 1. The number of carbonyl (C=O) groups excluding carboxylic acids is 1. The van der Waals surface area contributed by atoms with Gasteiger partial charge in [0.15, 0.2) is 0 Å². The zero-order valence-electron chi connectivity index (χ0n) is 8.97. The van der Waals surface area contributed by atoms with Gasteiger partial charge in [-0.25, -0.2) is 4.79 Å². The molecule has 0 aromatic heterocycles. The maximum atomic E-state index is 11.5. The van der Waals surface area contributed by atoms with Crippen molar-refractivity contribution in [1.29, 1.82) is 0 Å². The highest BCUT2D eigenvalue weighted by Crippen LogP contribution is 2.43. The molecule has 1 aliphatic heterocycles. The number of aliphatic hydroxyl groups excluding tert-OH is 1. The molecule has 4 atom stereocenters. The van der Waals surface area contributed by atoms with Crippen molar-refractivity contribution in [2.75, 3.05) is 13.7 Å². The fourth-order valence-corrected chi connectivity index (χ4v) is 2.58. The summed E-state index contributed by atoms with van der Waals surface area (Å²) < 4.78 is 9.96. The summed E-state index contributed by atoms with van der Waals surface area (Å²) in [4.78, 5) is 11.5. The molecule has 0 aromatic rings. The normalized spacial score (nSPS) is 39.0. The van der Waals surface area contributed by atoms with Gasteiger partial charge in [0, 0.05) is 11.8 Å². The van der Waals surface area contributed by atoms with Gasteiger partial charge in [-0.1, -0.05) is 6.92 Å². The minimum Gasteiger partial charge on any atom is -0.500 e. The Balaban J connectivity index is 2.21. The van der Waals surface area contributed by atoms with Crippen LogP contribution in [-0.2, 0) is 14.3 Å². The van der Waals surface area contributed by atoms with Gasteiger partial charge in [-0.05, 0) is 12.3 Å². The van der Waals surface area contributed by atoms with Crippen molar-refractivity contribution >= 4 is 5.97 Å². The summed E-state index contributed by atoms with van der Waals surface area (Å²) >= 11 is 0. The molecule has 0 amide bonds. The summed E-state index contributed by atoms with van der Waals surface area (Å²) in [6.07, 6.45) is 1.78. The molecule has 0 aromatic carbocycles. The third-order valence-electron chi connectivity index (χ3n) is 3.61. The van der Waals surface area contributed by atoms with Crippen molar-refractivity contribution in [3.05, 3.63) is 11.8 Å². The van der Waals surface area contributed by atoms with Gasteiger partial charge in [-0.2, -0.15) is 0 Å². The molecule has 4 nitrogen and oxygen atoms in total. The van der Waals surface area contributed by atoms with Crippen molar-refractivity contribution in [2.24, 2.45) is 17.8 Å². The van der Waals surface area contributed by atoms with Crippen LogP contribution < -0.4 is 0 Å². The van der Waals surface area contributed by atoms with Gasteiger partial charge in [-0.15, -0.1) is 0 Å². The van der Waals surface area contributed by atoms with Crippen molar-refractivity contribution in [3.8, 4) is 0 Å². The molecule has 4 heteroatoms. The SMILES string of the molecule is COC(=O)C1=COC[C@@H]2[C@H](C)[C@@H](O)C[C@H]12. The largest absolute Gasteiger partial charge is 0.500 e. The summed E-state index contributed by atoms with van der Waals surface area (Å²) in [6.45, 7) is 2.59. The Bertz CT molecular complexity index is 297. The first-order valence-corrected chi connectivity index (χ1v) is 5.23. The van der Waals surface area contributed by atoms with E-state index in [9.17, 15) is 9.90 Å². The van der Waals surface area contributed by atoms with Crippen molar-refractivity contribution in [3.63, 3.8) is 0 Å². The monoisotopic (exact) mass is 212 g/mol. The van der Waals surface area contributed by atoms with Gasteiger partial charge in [0.1, 0.15) is 0 Å². The van der Waals surface area contributed by atoms with Crippen LogP contribution in [0.1, 0.15) is 13.3 Å². The van der Waals surface area contributed by atoms with Gasteiger partial charge in [0.25, 0.3) is 0 Å². The maximum absolute atomic E-state index is 11.5. The van der Waals surface area contributed by atoms with Crippen molar-refractivity contribution in [1.82, 2.24) is 0 Å². The van der Waals surface area contributed by atoms with E-state index in [0.29, 0.717) is 18.6 Å². The molecule has 2 aliphatic rings. The lowest BCUT2D eigenvalue weighted by molar-refractivity contribution is -0.137. The van der Waals surface area contributed by atoms with Crippen molar-refractivity contribution < 1.29 is 19.4 Å². The number of fused-ring (bicyclic) bond motifs is 1. The smallest absolute Gasteiger partial charge is 0.337 e. The zero-order chi connectivity index (χ0) is 11.0. The molecule has 0 bridgehead atoms. The first-order chi connectivity index (χ1) is 7.15. The van der Waals surface area contributed by atoms with Crippen LogP contribution >= 0.6 is 0 Å². The standard InChI is InChI=1S/C11H16O4/c1-6-8-4-15-5-9(11(13)14-2)7(8)3-10(6)12/h5-8,10,12H,3-4H2,1-2H3/t6-,7-,8+,10-/m0/s1. The summed E-state index contributed by atoms with van der Waals surface area (Å²) in [7, 11) is 1.36. The van der Waals surface area contributed by atoms with E-state index < -0.39 is 0 Å². The fourth-order valence-electron chi connectivity index (χ4n) is 2.58. The maximum Gasteiger partial charge on any atom is 0.337 e. The van der Waals surface area contributed by atoms with E-state index in [-0.39, 0.29) is 29.8 Å². The fraction of sp³-hybridized carbons (Fsp3) is 0.727. The van der Waals surface area contributed by atoms with E-state index in [0.717, 1.165) is 0 Å². The molecular weight excluding hydrogens is 196 g/mol. The number of ether oxygens (including phenoxy) is 2. The average Bonchev–Trinajstić information content (AvgIpc) is 2.54. The van der Waals surface area contributed by atoms with Gasteiger partial charge in [0.2, 0.25) is 0 Å². The van der Waals surface area contributed by atoms with E-state index in [4.69, 9.17) is 9.47 Å². The average molecular weight is 212 g/mol. The summed E-state index contributed by atoms with van der Waals surface area (Å²) in [5.41, 5.74) is 0.567. The molecule has 0 radical (unpaired) electrons. The molecule has 1 N–H and O–H groups in total. The minimum absolute atomic E-state index is 0.0937. The van der Waals surface area contributed by atoms with Crippen LogP contribution in [0.5, 0.6) is 0 Å². The molecular formula is C11H16O4. The van der Waals surface area contributed by atoms with Crippen LogP contribution in [0.3, 0.4) is 0 Å². The molecule has 0 spiro atoms. The lowest BCUT2D eigenvalue weighted by Crippen LogP contribution is -2.28. The second-order valence-electron chi connectivity index (χ2n) is 4.33. The predicted octanol–water partition coefficient (Wildman–Crippen LogP) is 0.707. The molecule has 1 aliphatic carbocycles. The first-order valence-electron chi connectivity index (χ1n) is 5.23. The summed E-state index contributed by atoms with van der Waals surface area (Å²) in [5.74, 6) is 0.171. The molecule has 0 saturated heterocycles. The second kappa shape index (κ2) is 3.85. The topological polar surface area (TPSA) is 55.8 Å². The lowest BCUT2D eigenvalue weighted by atomic mass is 9.85. The van der Waals surface area contributed by atoms with Gasteiger partial charge < -0.3 is 14.6 Å². The predicted molar refractivity (Wildman–Crippen MR) is 52.8 cm³/mol. The van der Waals surface area contributed by atoms with E-state index in [2.05, 4.69) is 0 Å². The van der Waals surface area contributed by atoms with E-state index in [1.807, 2.05) is 6.92 Å². The van der Waals surface area contributed by atoms with Crippen LogP contribution in [0.4, 0.5) is 0 Å². The summed E-state index contributed by atoms with van der Waals surface area (Å²) in [5, 5.41) is 9.77. The number of hydrogen-bond acceptors (Lipinski definition) is 4. The second-order valence-corrected chi connectivity index (χ2v) is 4.33. The Kier molecular flexibility index (Phi) is 2.69. The number of aliphatic hydroxyl groups is 1. The minimum atomic E-state index is -0.342. The van der Waals surface area contributed by atoms with E-state index in [1.165, 1.54) is 13.4 Å². The highest BCUT2D eigenvalue weighted by molar-refractivity contribution is 5.89. The number of rotatable bonds is 1. The Hall–Kier alpha value is -1.03. The number of hydrogen-bond donors (Lipinski definition) is 1. The highest BCUT2D eigenvalue weighted by Gasteiger charge is 2.45. The van der Waals surface area contributed by atoms with Gasteiger partial charge >= 0.3 is 5.97 Å². The van der Waals surface area contributed by atoms with Crippen LogP contribution in [-0.4, -0.2) is 30.9 Å². The molecule has 1 fully saturated rings. The Labute approximate surface area is 88.9 Å². The third-order valence-corrected chi connectivity index (χ3v) is 3.61. The van der Waals surface area contributed by atoms with Crippen LogP contribution in [0, 0.1) is 17.8 Å². The van der Waals surface area contributed by atoms with E-state index in [1.54, 1.807) is 0 Å². The number of carbonyl (C=O) groups is 1. The van der Waals surface area contributed by atoms with Crippen LogP contribution in [0.2, 0.25) is 0 Å².